The van der Waals surface area contributed by atoms with E-state index in [0.29, 0.717) is 11.5 Å². The fraction of sp³-hybridized carbons (Fsp3) is 0.500. The SMILES string of the molecule is CN(C)C1=N[C@@H]2[C@@H](F)[C@H](OCc3ccccc3)[C@@H](C=O)O[C@@H]2S1. The minimum atomic E-state index is -1.38. The van der Waals surface area contributed by atoms with Crippen molar-refractivity contribution < 1.29 is 18.7 Å². The van der Waals surface area contributed by atoms with Crippen LogP contribution in [0.4, 0.5) is 4.39 Å². The smallest absolute Gasteiger partial charge is 0.161 e. The van der Waals surface area contributed by atoms with E-state index in [0.717, 1.165) is 5.56 Å². The molecule has 0 bridgehead atoms. The van der Waals surface area contributed by atoms with Crippen LogP contribution in [0.1, 0.15) is 5.56 Å². The summed E-state index contributed by atoms with van der Waals surface area (Å²) in [6.45, 7) is 0.231. The van der Waals surface area contributed by atoms with Gasteiger partial charge in [0.25, 0.3) is 0 Å². The first kappa shape index (κ1) is 16.4. The van der Waals surface area contributed by atoms with Crippen LogP contribution in [-0.2, 0) is 20.9 Å². The third-order valence-corrected chi connectivity index (χ3v) is 5.12. The van der Waals surface area contributed by atoms with Gasteiger partial charge in [0.2, 0.25) is 0 Å². The second-order valence-electron chi connectivity index (χ2n) is 5.73. The monoisotopic (exact) mass is 338 g/mol. The third kappa shape index (κ3) is 3.41. The number of hydrogen-bond acceptors (Lipinski definition) is 6. The average Bonchev–Trinajstić information content (AvgIpc) is 2.99. The lowest BCUT2D eigenvalue weighted by molar-refractivity contribution is -0.164. The topological polar surface area (TPSA) is 51.1 Å². The van der Waals surface area contributed by atoms with Gasteiger partial charge in [-0.15, -0.1) is 0 Å². The van der Waals surface area contributed by atoms with E-state index in [2.05, 4.69) is 4.99 Å². The maximum Gasteiger partial charge on any atom is 0.161 e. The number of amidine groups is 1. The summed E-state index contributed by atoms with van der Waals surface area (Å²) < 4.78 is 26.2. The van der Waals surface area contributed by atoms with Crippen LogP contribution in [0.25, 0.3) is 0 Å². The Bertz CT molecular complexity index is 584. The molecule has 2 heterocycles. The molecule has 0 aromatic heterocycles. The fourth-order valence-electron chi connectivity index (χ4n) is 2.61. The van der Waals surface area contributed by atoms with E-state index in [1.165, 1.54) is 11.8 Å². The molecule has 2 aliphatic heterocycles. The van der Waals surface area contributed by atoms with Crippen LogP contribution in [0.15, 0.2) is 35.3 Å². The summed E-state index contributed by atoms with van der Waals surface area (Å²) in [5.74, 6) is 0. The van der Waals surface area contributed by atoms with Gasteiger partial charge in [0.05, 0.1) is 6.61 Å². The number of benzene rings is 1. The van der Waals surface area contributed by atoms with Gasteiger partial charge >= 0.3 is 0 Å². The molecular formula is C16H19FN2O3S. The van der Waals surface area contributed by atoms with Crippen molar-refractivity contribution in [3.05, 3.63) is 35.9 Å². The van der Waals surface area contributed by atoms with Crippen LogP contribution in [0.3, 0.4) is 0 Å². The number of nitrogens with zero attached hydrogens (tertiary/aromatic N) is 2. The van der Waals surface area contributed by atoms with Crippen LogP contribution in [0, 0.1) is 0 Å². The zero-order valence-corrected chi connectivity index (χ0v) is 13.8. The number of carbonyl (C=O) groups is 1. The lowest BCUT2D eigenvalue weighted by atomic mass is 10.00. The average molecular weight is 338 g/mol. The van der Waals surface area contributed by atoms with E-state index < -0.39 is 29.9 Å². The van der Waals surface area contributed by atoms with E-state index in [1.807, 2.05) is 49.3 Å². The summed E-state index contributed by atoms with van der Waals surface area (Å²) >= 11 is 1.34. The maximum atomic E-state index is 14.9. The molecule has 0 N–H and O–H groups in total. The predicted octanol–water partition coefficient (Wildman–Crippen LogP) is 1.87. The van der Waals surface area contributed by atoms with Crippen LogP contribution in [0.2, 0.25) is 0 Å². The number of fused-ring (bicyclic) bond motifs is 1. The van der Waals surface area contributed by atoms with Crippen LogP contribution in [0.5, 0.6) is 0 Å². The molecule has 0 radical (unpaired) electrons. The van der Waals surface area contributed by atoms with Gasteiger partial charge in [-0.1, -0.05) is 42.1 Å². The minimum absolute atomic E-state index is 0.231. The molecule has 124 valence electrons. The number of alkyl halides is 1. The number of carbonyl (C=O) groups excluding carboxylic acids is 1. The third-order valence-electron chi connectivity index (χ3n) is 3.82. The molecule has 0 spiro atoms. The van der Waals surface area contributed by atoms with Crippen molar-refractivity contribution in [3.63, 3.8) is 0 Å². The number of aliphatic imine (C=N–C) groups is 1. The molecule has 0 amide bonds. The Hall–Kier alpha value is -1.44. The summed E-state index contributed by atoms with van der Waals surface area (Å²) in [5, 5.41) is 0.705. The van der Waals surface area contributed by atoms with Gasteiger partial charge in [-0.05, 0) is 5.56 Å². The Morgan fingerprint density at radius 2 is 2.13 bits per heavy atom. The molecule has 23 heavy (non-hydrogen) atoms. The zero-order valence-electron chi connectivity index (χ0n) is 13.0. The highest BCUT2D eigenvalue weighted by Gasteiger charge is 2.50. The number of halogens is 1. The Kier molecular flexibility index (Phi) is 4.99. The Labute approximate surface area is 138 Å². The van der Waals surface area contributed by atoms with Gasteiger partial charge in [-0.25, -0.2) is 4.39 Å². The predicted molar refractivity (Wildman–Crippen MR) is 87.1 cm³/mol. The standard InChI is InChI=1S/C16H19FN2O3S/c1-19(2)16-18-13-12(17)14(11(8-20)22-15(13)23-16)21-9-10-6-4-3-5-7-10/h3-8,11-15H,9H2,1-2H3/t11-,12-,13-,14-,15-/m1/s1. The van der Waals surface area contributed by atoms with Crippen LogP contribution in [-0.4, -0.2) is 60.3 Å². The lowest BCUT2D eigenvalue weighted by Gasteiger charge is -2.37. The largest absolute Gasteiger partial charge is 0.367 e. The van der Waals surface area contributed by atoms with Crippen molar-refractivity contribution in [1.82, 2.24) is 4.90 Å². The first-order chi connectivity index (χ1) is 11.1. The number of rotatable bonds is 4. The second-order valence-corrected chi connectivity index (χ2v) is 6.79. The number of ether oxygens (including phenoxy) is 2. The maximum absolute atomic E-state index is 14.9. The van der Waals surface area contributed by atoms with E-state index in [-0.39, 0.29) is 6.61 Å². The fourth-order valence-corrected chi connectivity index (χ4v) is 3.75. The van der Waals surface area contributed by atoms with Gasteiger partial charge in [0, 0.05) is 14.1 Å². The van der Waals surface area contributed by atoms with E-state index in [9.17, 15) is 9.18 Å². The molecule has 2 aliphatic rings. The number of thioether (sulfide) groups is 1. The summed E-state index contributed by atoms with van der Waals surface area (Å²) in [6.07, 6.45) is -2.62. The van der Waals surface area contributed by atoms with E-state index in [4.69, 9.17) is 9.47 Å². The van der Waals surface area contributed by atoms with Crippen LogP contribution >= 0.6 is 11.8 Å². The molecule has 0 unspecified atom stereocenters. The normalized spacial score (nSPS) is 33.0. The minimum Gasteiger partial charge on any atom is -0.367 e. The summed E-state index contributed by atoms with van der Waals surface area (Å²) in [7, 11) is 3.69. The zero-order chi connectivity index (χ0) is 16.4. The molecule has 1 fully saturated rings. The molecule has 1 saturated heterocycles. The molecule has 0 aliphatic carbocycles. The quantitative estimate of drug-likeness (QED) is 0.785. The van der Waals surface area contributed by atoms with Crippen LogP contribution < -0.4 is 0 Å². The second kappa shape index (κ2) is 6.98. The van der Waals surface area contributed by atoms with Gasteiger partial charge < -0.3 is 19.2 Å². The molecule has 1 aromatic carbocycles. The van der Waals surface area contributed by atoms with Crippen molar-refractivity contribution in [1.29, 1.82) is 0 Å². The first-order valence-electron chi connectivity index (χ1n) is 7.42. The molecule has 1 aromatic rings. The lowest BCUT2D eigenvalue weighted by Crippen LogP contribution is -2.54. The van der Waals surface area contributed by atoms with Crippen molar-refractivity contribution in [2.24, 2.45) is 4.99 Å². The van der Waals surface area contributed by atoms with Gasteiger partial charge in [0.1, 0.15) is 23.7 Å². The van der Waals surface area contributed by atoms with Gasteiger partial charge in [-0.2, -0.15) is 0 Å². The highest BCUT2D eigenvalue weighted by molar-refractivity contribution is 8.14. The molecule has 5 atom stereocenters. The Balaban J connectivity index is 1.72. The Morgan fingerprint density at radius 3 is 2.78 bits per heavy atom. The highest BCUT2D eigenvalue weighted by atomic mass is 32.2. The summed E-state index contributed by atoms with van der Waals surface area (Å²) in [6, 6.07) is 8.81. The molecule has 3 rings (SSSR count). The molecule has 7 heteroatoms. The highest BCUT2D eigenvalue weighted by Crippen LogP contribution is 2.38. The van der Waals surface area contributed by atoms with Crippen molar-refractivity contribution in [2.75, 3.05) is 14.1 Å². The van der Waals surface area contributed by atoms with Crippen molar-refractivity contribution in [3.8, 4) is 0 Å². The van der Waals surface area contributed by atoms with E-state index >= 15 is 0 Å². The van der Waals surface area contributed by atoms with E-state index in [1.54, 1.807) is 0 Å². The molecule has 0 saturated carbocycles. The first-order valence-corrected chi connectivity index (χ1v) is 8.30. The van der Waals surface area contributed by atoms with Gasteiger partial charge in [-0.3, -0.25) is 4.99 Å². The molecular weight excluding hydrogens is 319 g/mol. The summed E-state index contributed by atoms with van der Waals surface area (Å²) in [4.78, 5) is 17.5. The van der Waals surface area contributed by atoms with Crippen molar-refractivity contribution >= 4 is 23.2 Å². The molecule has 5 nitrogen and oxygen atoms in total. The number of hydrogen-bond donors (Lipinski definition) is 0. The van der Waals surface area contributed by atoms with Gasteiger partial charge in [0.15, 0.2) is 17.6 Å². The summed E-state index contributed by atoms with van der Waals surface area (Å²) in [5.41, 5.74) is 0.443. The Morgan fingerprint density at radius 1 is 1.39 bits per heavy atom. The number of aldehydes is 1. The van der Waals surface area contributed by atoms with Crippen molar-refractivity contribution in [2.45, 2.75) is 36.5 Å².